The minimum Gasteiger partial charge on any atom is -0.497 e. The van der Waals surface area contributed by atoms with Crippen LogP contribution in [0.5, 0.6) is 5.75 Å². The Morgan fingerprint density at radius 1 is 1.11 bits per heavy atom. The number of pyridine rings is 1. The molecule has 1 aliphatic heterocycles. The third-order valence-corrected chi connectivity index (χ3v) is 5.81. The molecule has 2 amide bonds. The zero-order valence-corrected chi connectivity index (χ0v) is 19.5. The summed E-state index contributed by atoms with van der Waals surface area (Å²) in [6.45, 7) is -0.170. The van der Waals surface area contributed by atoms with Gasteiger partial charge in [0.2, 0.25) is 0 Å². The molecule has 9 heteroatoms. The molecule has 36 heavy (non-hydrogen) atoms. The maximum atomic E-state index is 13.7. The van der Waals surface area contributed by atoms with E-state index in [1.807, 2.05) is 24.3 Å². The maximum absolute atomic E-state index is 13.7. The molecule has 0 bridgehead atoms. The van der Waals surface area contributed by atoms with Gasteiger partial charge in [-0.05, 0) is 60.4 Å². The van der Waals surface area contributed by atoms with Gasteiger partial charge in [-0.3, -0.25) is 9.78 Å². The van der Waals surface area contributed by atoms with E-state index in [1.165, 1.54) is 12.1 Å². The maximum Gasteiger partial charge on any atom is 0.341 e. The number of hydrogen-bond donors (Lipinski definition) is 1. The molecule has 0 saturated carbocycles. The van der Waals surface area contributed by atoms with Crippen LogP contribution in [-0.2, 0) is 22.6 Å². The lowest BCUT2D eigenvalue weighted by Gasteiger charge is -2.30. The predicted octanol–water partition coefficient (Wildman–Crippen LogP) is 4.30. The van der Waals surface area contributed by atoms with Gasteiger partial charge in [0, 0.05) is 11.9 Å². The molecule has 0 saturated heterocycles. The highest BCUT2D eigenvalue weighted by atomic mass is 19.1. The molecule has 182 valence electrons. The van der Waals surface area contributed by atoms with E-state index in [2.05, 4.69) is 15.3 Å². The normalized spacial score (nSPS) is 16.9. The Balaban J connectivity index is 1.58. The molecule has 1 N–H and O–H groups in total. The lowest BCUT2D eigenvalue weighted by Crippen LogP contribution is -2.45. The minimum absolute atomic E-state index is 0.139. The lowest BCUT2D eigenvalue weighted by atomic mass is 9.87. The van der Waals surface area contributed by atoms with Crippen molar-refractivity contribution in [2.45, 2.75) is 25.5 Å². The van der Waals surface area contributed by atoms with Gasteiger partial charge in [0.1, 0.15) is 30.2 Å². The van der Waals surface area contributed by atoms with Gasteiger partial charge < -0.3 is 14.8 Å². The van der Waals surface area contributed by atoms with E-state index in [9.17, 15) is 14.0 Å². The van der Waals surface area contributed by atoms with Crippen LogP contribution in [0.15, 0.2) is 71.9 Å². The van der Waals surface area contributed by atoms with Gasteiger partial charge in [-0.15, -0.1) is 0 Å². The van der Waals surface area contributed by atoms with E-state index in [-0.39, 0.29) is 12.2 Å². The van der Waals surface area contributed by atoms with Crippen LogP contribution in [0.25, 0.3) is 0 Å². The molecule has 0 spiro atoms. The van der Waals surface area contributed by atoms with E-state index in [4.69, 9.17) is 14.7 Å². The van der Waals surface area contributed by atoms with Gasteiger partial charge in [-0.2, -0.15) is 5.26 Å². The van der Waals surface area contributed by atoms with E-state index in [0.717, 1.165) is 11.6 Å². The fourth-order valence-corrected chi connectivity index (χ4v) is 4.02. The number of hydrogen-bond acceptors (Lipinski definition) is 6. The van der Waals surface area contributed by atoms with Crippen molar-refractivity contribution in [2.24, 2.45) is 10.9 Å². The topological polar surface area (TPSA) is 114 Å². The first-order chi connectivity index (χ1) is 17.5. The first-order valence-corrected chi connectivity index (χ1v) is 11.3. The molecule has 1 aliphatic rings. The highest BCUT2D eigenvalue weighted by molar-refractivity contribution is 6.09. The Morgan fingerprint density at radius 3 is 2.72 bits per heavy atom. The largest absolute Gasteiger partial charge is 0.497 e. The number of amides is 2. The molecule has 0 fully saturated rings. The summed E-state index contributed by atoms with van der Waals surface area (Å²) in [5, 5.41) is 11.8. The van der Waals surface area contributed by atoms with Crippen LogP contribution >= 0.6 is 0 Å². The van der Waals surface area contributed by atoms with Gasteiger partial charge in [0.25, 0.3) is 0 Å². The number of rotatable bonds is 8. The van der Waals surface area contributed by atoms with Crippen molar-refractivity contribution in [1.29, 1.82) is 5.26 Å². The second-order valence-electron chi connectivity index (χ2n) is 8.15. The summed E-state index contributed by atoms with van der Waals surface area (Å²) < 4.78 is 24.5. The first kappa shape index (κ1) is 24.5. The summed E-state index contributed by atoms with van der Waals surface area (Å²) in [6, 6.07) is 17.1. The number of carbonyl (C=O) groups is 2. The van der Waals surface area contributed by atoms with Gasteiger partial charge >= 0.3 is 12.0 Å². The summed E-state index contributed by atoms with van der Waals surface area (Å²) in [7, 11) is 1.58. The standard InChI is InChI=1S/C27H23FN4O4/c1-35-20-6-4-5-17(14-20)9-11-22-24(25(32-27(34)31-22)23-7-2-3-12-30-23)26(33)36-16-18-8-10-21(28)19(13-18)15-29/h2-8,10,12-14,24-25H,9,11,16H2,1H3,(H,32,34). The van der Waals surface area contributed by atoms with Crippen LogP contribution in [0.2, 0.25) is 0 Å². The van der Waals surface area contributed by atoms with Crippen LogP contribution in [0.1, 0.15) is 34.8 Å². The highest BCUT2D eigenvalue weighted by Gasteiger charge is 2.40. The van der Waals surface area contributed by atoms with Crippen molar-refractivity contribution in [3.63, 3.8) is 0 Å². The summed E-state index contributed by atoms with van der Waals surface area (Å²) in [5.74, 6) is -1.48. The Bertz CT molecular complexity index is 1340. The fourth-order valence-electron chi connectivity index (χ4n) is 4.02. The molecular weight excluding hydrogens is 463 g/mol. The zero-order valence-electron chi connectivity index (χ0n) is 19.5. The summed E-state index contributed by atoms with van der Waals surface area (Å²) in [5.41, 5.74) is 2.15. The SMILES string of the molecule is COc1cccc(CCC2=NC(=O)NC(c3ccccn3)C2C(=O)OCc2ccc(F)c(C#N)c2)c1. The number of aliphatic imine (C=N–C) groups is 1. The second kappa shape index (κ2) is 11.2. The smallest absolute Gasteiger partial charge is 0.341 e. The number of halogens is 1. The highest BCUT2D eigenvalue weighted by Crippen LogP contribution is 2.29. The van der Waals surface area contributed by atoms with Gasteiger partial charge in [0.05, 0.1) is 24.4 Å². The Labute approximate surface area is 207 Å². The van der Waals surface area contributed by atoms with Crippen LogP contribution in [0, 0.1) is 23.1 Å². The number of esters is 1. The first-order valence-electron chi connectivity index (χ1n) is 11.3. The number of aryl methyl sites for hydroxylation is 1. The number of aromatic nitrogens is 1. The Kier molecular flexibility index (Phi) is 7.66. The molecule has 4 rings (SSSR count). The molecule has 2 aromatic carbocycles. The van der Waals surface area contributed by atoms with Crippen molar-refractivity contribution in [3.05, 3.63) is 95.1 Å². The molecule has 8 nitrogen and oxygen atoms in total. The molecule has 1 aromatic heterocycles. The van der Waals surface area contributed by atoms with Crippen molar-refractivity contribution in [3.8, 4) is 11.8 Å². The van der Waals surface area contributed by atoms with Crippen LogP contribution in [-0.4, -0.2) is 29.8 Å². The second-order valence-corrected chi connectivity index (χ2v) is 8.15. The van der Waals surface area contributed by atoms with E-state index in [1.54, 1.807) is 37.6 Å². The third kappa shape index (κ3) is 5.73. The molecule has 2 heterocycles. The van der Waals surface area contributed by atoms with Gasteiger partial charge in [-0.25, -0.2) is 14.2 Å². The fraction of sp³-hybridized carbons (Fsp3) is 0.222. The molecule has 2 unspecified atom stereocenters. The number of urea groups is 1. The Morgan fingerprint density at radius 2 is 1.97 bits per heavy atom. The quantitative estimate of drug-likeness (QED) is 0.475. The van der Waals surface area contributed by atoms with E-state index in [0.29, 0.717) is 35.6 Å². The summed E-state index contributed by atoms with van der Waals surface area (Å²) >= 11 is 0. The van der Waals surface area contributed by atoms with Crippen LogP contribution in [0.3, 0.4) is 0 Å². The van der Waals surface area contributed by atoms with E-state index < -0.39 is 29.8 Å². The van der Waals surface area contributed by atoms with Crippen molar-refractivity contribution >= 4 is 17.7 Å². The number of methoxy groups -OCH3 is 1. The van der Waals surface area contributed by atoms with Crippen molar-refractivity contribution in [1.82, 2.24) is 10.3 Å². The van der Waals surface area contributed by atoms with Gasteiger partial charge in [-0.1, -0.05) is 24.3 Å². The number of carbonyl (C=O) groups excluding carboxylic acids is 2. The molecule has 3 aromatic rings. The van der Waals surface area contributed by atoms with Crippen molar-refractivity contribution < 1.29 is 23.5 Å². The number of nitrogens with zero attached hydrogens (tertiary/aromatic N) is 3. The number of benzene rings is 2. The average Bonchev–Trinajstić information content (AvgIpc) is 2.91. The molecule has 0 radical (unpaired) electrons. The molecular formula is C27H23FN4O4. The summed E-state index contributed by atoms with van der Waals surface area (Å²) in [6.07, 6.45) is 2.43. The molecule has 2 atom stereocenters. The van der Waals surface area contributed by atoms with Crippen LogP contribution in [0.4, 0.5) is 9.18 Å². The third-order valence-electron chi connectivity index (χ3n) is 5.81. The number of nitrogens with one attached hydrogen (secondary N) is 1. The van der Waals surface area contributed by atoms with Crippen molar-refractivity contribution in [2.75, 3.05) is 7.11 Å². The molecule has 0 aliphatic carbocycles. The van der Waals surface area contributed by atoms with Gasteiger partial charge in [0.15, 0.2) is 0 Å². The summed E-state index contributed by atoms with van der Waals surface area (Å²) in [4.78, 5) is 34.3. The monoisotopic (exact) mass is 486 g/mol. The average molecular weight is 487 g/mol. The minimum atomic E-state index is -0.918. The van der Waals surface area contributed by atoms with Crippen LogP contribution < -0.4 is 10.1 Å². The van der Waals surface area contributed by atoms with E-state index >= 15 is 0 Å². The zero-order chi connectivity index (χ0) is 25.5. The number of nitriles is 1. The number of ether oxygens (including phenoxy) is 2. The Hall–Kier alpha value is -4.58. The predicted molar refractivity (Wildman–Crippen MR) is 129 cm³/mol. The lowest BCUT2D eigenvalue weighted by molar-refractivity contribution is -0.148.